The van der Waals surface area contributed by atoms with Crippen LogP contribution in [0.2, 0.25) is 0 Å². The van der Waals surface area contributed by atoms with Crippen LogP contribution in [0.25, 0.3) is 0 Å². The molecule has 0 saturated carbocycles. The summed E-state index contributed by atoms with van der Waals surface area (Å²) in [7, 11) is 1.97. The third kappa shape index (κ3) is 2.58. The van der Waals surface area contributed by atoms with Crippen molar-refractivity contribution in [1.29, 1.82) is 0 Å². The second-order valence-electron chi connectivity index (χ2n) is 3.67. The molecule has 0 aromatic carbocycles. The first-order valence-electron chi connectivity index (χ1n) is 5.20. The van der Waals surface area contributed by atoms with Crippen LogP contribution in [0, 0.1) is 6.92 Å². The number of ether oxygens (including phenoxy) is 1. The molecule has 1 unspecified atom stereocenters. The fraction of sp³-hybridized carbons (Fsp3) is 0.545. The zero-order valence-electron chi connectivity index (χ0n) is 9.12. The van der Waals surface area contributed by atoms with E-state index in [2.05, 4.69) is 21.8 Å². The van der Waals surface area contributed by atoms with Crippen LogP contribution in [0.1, 0.15) is 17.1 Å². The Balaban J connectivity index is 2.02. The minimum absolute atomic E-state index is 0.276. The number of nitrogens with zero attached hydrogens (tertiary/aromatic N) is 1. The quantitative estimate of drug-likeness (QED) is 0.848. The van der Waals surface area contributed by atoms with E-state index in [1.807, 2.05) is 14.0 Å². The Morgan fingerprint density at radius 1 is 1.67 bits per heavy atom. The summed E-state index contributed by atoms with van der Waals surface area (Å²) < 4.78 is 5.56. The Kier molecular flexibility index (Phi) is 3.38. The van der Waals surface area contributed by atoms with Gasteiger partial charge in [0.05, 0.1) is 17.7 Å². The van der Waals surface area contributed by atoms with Crippen LogP contribution in [0.5, 0.6) is 0 Å². The molecule has 3 nitrogen and oxygen atoms in total. The molecule has 15 heavy (non-hydrogen) atoms. The third-order valence-corrected chi connectivity index (χ3v) is 3.46. The molecule has 2 rings (SSSR count). The van der Waals surface area contributed by atoms with Gasteiger partial charge in [-0.25, -0.2) is 4.98 Å². The van der Waals surface area contributed by atoms with Crippen LogP contribution in [0.3, 0.4) is 0 Å². The fourth-order valence-electron chi connectivity index (χ4n) is 1.70. The molecule has 1 aliphatic heterocycles. The van der Waals surface area contributed by atoms with Crippen LogP contribution in [0.15, 0.2) is 17.2 Å². The van der Waals surface area contributed by atoms with Gasteiger partial charge in [0.25, 0.3) is 0 Å². The molecule has 1 N–H and O–H groups in total. The maximum atomic E-state index is 5.56. The largest absolute Gasteiger partial charge is 0.496 e. The lowest BCUT2D eigenvalue weighted by Crippen LogP contribution is -2.30. The first-order chi connectivity index (χ1) is 7.29. The predicted molar refractivity (Wildman–Crippen MR) is 62.1 cm³/mol. The number of hydrogen-bond acceptors (Lipinski definition) is 4. The summed E-state index contributed by atoms with van der Waals surface area (Å²) in [5.41, 5.74) is 1.10. The SMILES string of the molecule is CNC(Cc1nc(C)cs1)C1=CCCO1. The van der Waals surface area contributed by atoms with Gasteiger partial charge in [-0.2, -0.15) is 0 Å². The molecule has 0 fully saturated rings. The van der Waals surface area contributed by atoms with E-state index in [0.717, 1.165) is 30.9 Å². The minimum Gasteiger partial charge on any atom is -0.496 e. The first-order valence-corrected chi connectivity index (χ1v) is 6.08. The average molecular weight is 224 g/mol. The van der Waals surface area contributed by atoms with E-state index in [0.29, 0.717) is 0 Å². The van der Waals surface area contributed by atoms with E-state index >= 15 is 0 Å². The molecule has 0 spiro atoms. The van der Waals surface area contributed by atoms with Crippen molar-refractivity contribution in [2.75, 3.05) is 13.7 Å². The van der Waals surface area contributed by atoms with Crippen molar-refractivity contribution in [3.63, 3.8) is 0 Å². The molecule has 1 aromatic heterocycles. The van der Waals surface area contributed by atoms with Crippen molar-refractivity contribution in [2.45, 2.75) is 25.8 Å². The molecule has 82 valence electrons. The smallest absolute Gasteiger partial charge is 0.109 e. The van der Waals surface area contributed by atoms with Crippen molar-refractivity contribution in [1.82, 2.24) is 10.3 Å². The molecule has 4 heteroatoms. The second kappa shape index (κ2) is 4.77. The fourth-order valence-corrected chi connectivity index (χ4v) is 2.51. The van der Waals surface area contributed by atoms with Crippen LogP contribution >= 0.6 is 11.3 Å². The monoisotopic (exact) mass is 224 g/mol. The van der Waals surface area contributed by atoms with Gasteiger partial charge in [0.15, 0.2) is 0 Å². The highest BCUT2D eigenvalue weighted by molar-refractivity contribution is 7.09. The van der Waals surface area contributed by atoms with Crippen molar-refractivity contribution < 1.29 is 4.74 Å². The summed E-state index contributed by atoms with van der Waals surface area (Å²) in [6.45, 7) is 2.85. The van der Waals surface area contributed by atoms with Crippen molar-refractivity contribution in [2.24, 2.45) is 0 Å². The zero-order valence-corrected chi connectivity index (χ0v) is 9.93. The lowest BCUT2D eigenvalue weighted by Gasteiger charge is -2.15. The minimum atomic E-state index is 0.276. The molecule has 0 saturated heterocycles. The van der Waals surface area contributed by atoms with E-state index in [9.17, 15) is 0 Å². The number of likely N-dealkylation sites (N-methyl/N-ethyl adjacent to an activating group) is 1. The summed E-state index contributed by atoms with van der Waals surface area (Å²) in [6, 6.07) is 0.276. The van der Waals surface area contributed by atoms with E-state index < -0.39 is 0 Å². The highest BCUT2D eigenvalue weighted by Crippen LogP contribution is 2.18. The predicted octanol–water partition coefficient (Wildman–Crippen LogP) is 1.89. The van der Waals surface area contributed by atoms with Crippen LogP contribution in [-0.2, 0) is 11.2 Å². The Hall–Kier alpha value is -0.870. The molecule has 1 aliphatic rings. The molecule has 2 heterocycles. The summed E-state index contributed by atoms with van der Waals surface area (Å²) in [6.07, 6.45) is 4.12. The van der Waals surface area contributed by atoms with Crippen LogP contribution < -0.4 is 5.32 Å². The van der Waals surface area contributed by atoms with Crippen molar-refractivity contribution in [3.05, 3.63) is 27.9 Å². The maximum Gasteiger partial charge on any atom is 0.109 e. The van der Waals surface area contributed by atoms with Crippen LogP contribution in [0.4, 0.5) is 0 Å². The van der Waals surface area contributed by atoms with Gasteiger partial charge < -0.3 is 10.1 Å². The standard InChI is InChI=1S/C11H16N2OS/c1-8-7-15-11(13-8)6-9(12-2)10-4-3-5-14-10/h4,7,9,12H,3,5-6H2,1-2H3. The molecule has 0 bridgehead atoms. The van der Waals surface area contributed by atoms with E-state index in [4.69, 9.17) is 4.74 Å². The van der Waals surface area contributed by atoms with Gasteiger partial charge in [-0.1, -0.05) is 0 Å². The Labute approximate surface area is 94.2 Å². The Morgan fingerprint density at radius 3 is 3.07 bits per heavy atom. The lowest BCUT2D eigenvalue weighted by atomic mass is 10.1. The average Bonchev–Trinajstić information content (AvgIpc) is 2.85. The summed E-state index contributed by atoms with van der Waals surface area (Å²) >= 11 is 1.72. The summed E-state index contributed by atoms with van der Waals surface area (Å²) in [4.78, 5) is 4.47. The molecule has 1 atom stereocenters. The van der Waals surface area contributed by atoms with E-state index in [-0.39, 0.29) is 6.04 Å². The number of thiazole rings is 1. The lowest BCUT2D eigenvalue weighted by molar-refractivity contribution is 0.217. The maximum absolute atomic E-state index is 5.56. The highest BCUT2D eigenvalue weighted by atomic mass is 32.1. The number of hydrogen-bond donors (Lipinski definition) is 1. The number of aromatic nitrogens is 1. The molecular weight excluding hydrogens is 208 g/mol. The number of nitrogens with one attached hydrogen (secondary N) is 1. The highest BCUT2D eigenvalue weighted by Gasteiger charge is 2.18. The molecule has 0 radical (unpaired) electrons. The number of aryl methyl sites for hydroxylation is 1. The molecular formula is C11H16N2OS. The second-order valence-corrected chi connectivity index (χ2v) is 4.61. The van der Waals surface area contributed by atoms with Crippen LogP contribution in [-0.4, -0.2) is 24.7 Å². The topological polar surface area (TPSA) is 34.2 Å². The zero-order chi connectivity index (χ0) is 10.7. The van der Waals surface area contributed by atoms with E-state index in [1.54, 1.807) is 11.3 Å². The van der Waals surface area contributed by atoms with Gasteiger partial charge >= 0.3 is 0 Å². The van der Waals surface area contributed by atoms with Gasteiger partial charge in [-0.15, -0.1) is 11.3 Å². The first kappa shape index (κ1) is 10.6. The van der Waals surface area contributed by atoms with Crippen molar-refractivity contribution >= 4 is 11.3 Å². The van der Waals surface area contributed by atoms with Gasteiger partial charge in [0.2, 0.25) is 0 Å². The van der Waals surface area contributed by atoms with Gasteiger partial charge in [-0.3, -0.25) is 0 Å². The molecule has 1 aromatic rings. The van der Waals surface area contributed by atoms with Crippen molar-refractivity contribution in [3.8, 4) is 0 Å². The van der Waals surface area contributed by atoms with Gasteiger partial charge in [0.1, 0.15) is 5.76 Å². The summed E-state index contributed by atoms with van der Waals surface area (Å²) in [5, 5.41) is 6.53. The molecule has 0 aliphatic carbocycles. The molecule has 0 amide bonds. The normalized spacial score (nSPS) is 17.3. The summed E-state index contributed by atoms with van der Waals surface area (Å²) in [5.74, 6) is 1.07. The Bertz CT molecular complexity index is 359. The Morgan fingerprint density at radius 2 is 2.53 bits per heavy atom. The van der Waals surface area contributed by atoms with Gasteiger partial charge in [0, 0.05) is 23.9 Å². The number of rotatable bonds is 4. The van der Waals surface area contributed by atoms with Gasteiger partial charge in [-0.05, 0) is 20.0 Å². The third-order valence-electron chi connectivity index (χ3n) is 2.47. The van der Waals surface area contributed by atoms with E-state index in [1.165, 1.54) is 5.01 Å².